The lowest BCUT2D eigenvalue weighted by molar-refractivity contribution is 0.727. The Labute approximate surface area is 79.6 Å². The zero-order valence-electron chi connectivity index (χ0n) is 7.21. The number of halogens is 1. The van der Waals surface area contributed by atoms with Crippen molar-refractivity contribution >= 4 is 18.1 Å². The Kier molecular flexibility index (Phi) is 2.99. The molecule has 0 fully saturated rings. The number of anilines is 1. The summed E-state index contributed by atoms with van der Waals surface area (Å²) in [6, 6.07) is 8.59. The third kappa shape index (κ3) is 1.42. The normalized spacial score (nSPS) is 19.2. The van der Waals surface area contributed by atoms with Gasteiger partial charge in [-0.05, 0) is 18.1 Å². The zero-order valence-corrected chi connectivity index (χ0v) is 8.03. The van der Waals surface area contributed by atoms with Gasteiger partial charge in [-0.25, -0.2) is 0 Å². The molecule has 0 aromatic heterocycles. The second-order valence-corrected chi connectivity index (χ2v) is 3.07. The first-order valence-electron chi connectivity index (χ1n) is 4.24. The standard InChI is InChI=1S/C10H13N.ClH/c1-2-8-7-11-10-6-4-3-5-9(8)10;/h3-6,8,11H,2,7H2,1H3;1H. The molecule has 1 atom stereocenters. The lowest BCUT2D eigenvalue weighted by Gasteiger charge is -2.04. The van der Waals surface area contributed by atoms with Crippen molar-refractivity contribution in [3.05, 3.63) is 29.8 Å². The topological polar surface area (TPSA) is 12.0 Å². The van der Waals surface area contributed by atoms with Crippen LogP contribution in [0.4, 0.5) is 5.69 Å². The van der Waals surface area contributed by atoms with Crippen LogP contribution in [0.25, 0.3) is 0 Å². The van der Waals surface area contributed by atoms with Crippen molar-refractivity contribution in [1.82, 2.24) is 0 Å². The lowest BCUT2D eigenvalue weighted by Crippen LogP contribution is -1.99. The molecular formula is C10H14ClN. The fraction of sp³-hybridized carbons (Fsp3) is 0.400. The van der Waals surface area contributed by atoms with Crippen LogP contribution >= 0.6 is 12.4 Å². The Bertz CT molecular complexity index is 260. The molecule has 0 amide bonds. The van der Waals surface area contributed by atoms with Gasteiger partial charge >= 0.3 is 0 Å². The van der Waals surface area contributed by atoms with Gasteiger partial charge < -0.3 is 5.32 Å². The highest BCUT2D eigenvalue weighted by atomic mass is 35.5. The molecule has 1 aliphatic rings. The van der Waals surface area contributed by atoms with Crippen molar-refractivity contribution < 1.29 is 0 Å². The van der Waals surface area contributed by atoms with Crippen molar-refractivity contribution in [2.75, 3.05) is 11.9 Å². The molecule has 1 aromatic rings. The first-order chi connectivity index (χ1) is 5.42. The molecule has 0 saturated heterocycles. The molecule has 1 heterocycles. The molecule has 1 unspecified atom stereocenters. The van der Waals surface area contributed by atoms with Gasteiger partial charge in [0, 0.05) is 18.2 Å². The Hall–Kier alpha value is -0.690. The summed E-state index contributed by atoms with van der Waals surface area (Å²) in [5.41, 5.74) is 2.83. The van der Waals surface area contributed by atoms with Crippen LogP contribution in [0.1, 0.15) is 24.8 Å². The van der Waals surface area contributed by atoms with Crippen LogP contribution in [-0.2, 0) is 0 Å². The van der Waals surface area contributed by atoms with E-state index in [0.29, 0.717) is 0 Å². The lowest BCUT2D eigenvalue weighted by atomic mass is 9.99. The van der Waals surface area contributed by atoms with Crippen LogP contribution in [0.5, 0.6) is 0 Å². The van der Waals surface area contributed by atoms with E-state index in [-0.39, 0.29) is 12.4 Å². The van der Waals surface area contributed by atoms with Gasteiger partial charge in [0.2, 0.25) is 0 Å². The quantitative estimate of drug-likeness (QED) is 0.706. The van der Waals surface area contributed by atoms with Gasteiger partial charge in [-0.15, -0.1) is 12.4 Å². The first kappa shape index (κ1) is 9.40. The van der Waals surface area contributed by atoms with Crippen LogP contribution in [0, 0.1) is 0 Å². The van der Waals surface area contributed by atoms with Gasteiger partial charge in [-0.1, -0.05) is 25.1 Å². The van der Waals surface area contributed by atoms with E-state index in [1.807, 2.05) is 0 Å². The highest BCUT2D eigenvalue weighted by Crippen LogP contribution is 2.32. The maximum absolute atomic E-state index is 3.40. The molecular weight excluding hydrogens is 170 g/mol. The molecule has 0 bridgehead atoms. The molecule has 2 heteroatoms. The SMILES string of the molecule is CCC1CNc2ccccc21.Cl. The van der Waals surface area contributed by atoms with Gasteiger partial charge in [-0.3, -0.25) is 0 Å². The average molecular weight is 184 g/mol. The van der Waals surface area contributed by atoms with Crippen LogP contribution in [0.2, 0.25) is 0 Å². The van der Waals surface area contributed by atoms with E-state index >= 15 is 0 Å². The third-order valence-electron chi connectivity index (χ3n) is 2.43. The van der Waals surface area contributed by atoms with Crippen LogP contribution < -0.4 is 5.32 Å². The Morgan fingerprint density at radius 1 is 1.42 bits per heavy atom. The Morgan fingerprint density at radius 2 is 2.17 bits per heavy atom. The highest BCUT2D eigenvalue weighted by molar-refractivity contribution is 5.85. The maximum Gasteiger partial charge on any atom is 0.0376 e. The number of hydrogen-bond acceptors (Lipinski definition) is 1. The number of benzene rings is 1. The second kappa shape index (κ2) is 3.81. The summed E-state index contributed by atoms with van der Waals surface area (Å²) >= 11 is 0. The number of rotatable bonds is 1. The van der Waals surface area contributed by atoms with Crippen molar-refractivity contribution in [3.8, 4) is 0 Å². The molecule has 1 aliphatic heterocycles. The monoisotopic (exact) mass is 183 g/mol. The molecule has 0 spiro atoms. The minimum absolute atomic E-state index is 0. The van der Waals surface area contributed by atoms with Gasteiger partial charge in [0.1, 0.15) is 0 Å². The van der Waals surface area contributed by atoms with Gasteiger partial charge in [0.15, 0.2) is 0 Å². The molecule has 0 saturated carbocycles. The van der Waals surface area contributed by atoms with Crippen molar-refractivity contribution in [1.29, 1.82) is 0 Å². The number of hydrogen-bond donors (Lipinski definition) is 1. The number of para-hydroxylation sites is 1. The predicted molar refractivity (Wildman–Crippen MR) is 55.2 cm³/mol. The average Bonchev–Trinajstić information content (AvgIpc) is 2.47. The van der Waals surface area contributed by atoms with Gasteiger partial charge in [-0.2, -0.15) is 0 Å². The molecule has 1 aromatic carbocycles. The van der Waals surface area contributed by atoms with E-state index < -0.39 is 0 Å². The van der Waals surface area contributed by atoms with E-state index in [0.717, 1.165) is 12.5 Å². The minimum Gasteiger partial charge on any atom is -0.384 e. The highest BCUT2D eigenvalue weighted by Gasteiger charge is 2.18. The molecule has 1 N–H and O–H groups in total. The summed E-state index contributed by atoms with van der Waals surface area (Å²) in [4.78, 5) is 0. The molecule has 0 radical (unpaired) electrons. The summed E-state index contributed by atoms with van der Waals surface area (Å²) in [6.45, 7) is 3.37. The van der Waals surface area contributed by atoms with E-state index in [1.54, 1.807) is 0 Å². The van der Waals surface area contributed by atoms with E-state index in [1.165, 1.54) is 17.7 Å². The number of fused-ring (bicyclic) bond motifs is 1. The summed E-state index contributed by atoms with van der Waals surface area (Å²) in [5, 5.41) is 3.40. The Balaban J connectivity index is 0.000000720. The fourth-order valence-corrected chi connectivity index (χ4v) is 1.72. The zero-order chi connectivity index (χ0) is 7.68. The Morgan fingerprint density at radius 3 is 2.92 bits per heavy atom. The van der Waals surface area contributed by atoms with Crippen molar-refractivity contribution in [2.45, 2.75) is 19.3 Å². The summed E-state index contributed by atoms with van der Waals surface area (Å²) in [6.07, 6.45) is 1.24. The molecule has 66 valence electrons. The maximum atomic E-state index is 3.40. The summed E-state index contributed by atoms with van der Waals surface area (Å²) < 4.78 is 0. The third-order valence-corrected chi connectivity index (χ3v) is 2.43. The second-order valence-electron chi connectivity index (χ2n) is 3.07. The van der Waals surface area contributed by atoms with Crippen LogP contribution in [0.15, 0.2) is 24.3 Å². The predicted octanol–water partition coefficient (Wildman–Crippen LogP) is 3.03. The molecule has 2 rings (SSSR count). The first-order valence-corrected chi connectivity index (χ1v) is 4.24. The molecule has 12 heavy (non-hydrogen) atoms. The van der Waals surface area contributed by atoms with Crippen molar-refractivity contribution in [3.63, 3.8) is 0 Å². The minimum atomic E-state index is 0. The summed E-state index contributed by atoms with van der Waals surface area (Å²) in [5.74, 6) is 0.742. The van der Waals surface area contributed by atoms with Gasteiger partial charge in [0.05, 0.1) is 0 Å². The largest absolute Gasteiger partial charge is 0.384 e. The van der Waals surface area contributed by atoms with E-state index in [4.69, 9.17) is 0 Å². The van der Waals surface area contributed by atoms with E-state index in [2.05, 4.69) is 36.5 Å². The van der Waals surface area contributed by atoms with Crippen LogP contribution in [0.3, 0.4) is 0 Å². The number of nitrogens with one attached hydrogen (secondary N) is 1. The van der Waals surface area contributed by atoms with Gasteiger partial charge in [0.25, 0.3) is 0 Å². The molecule has 0 aliphatic carbocycles. The fourth-order valence-electron chi connectivity index (χ4n) is 1.72. The van der Waals surface area contributed by atoms with E-state index in [9.17, 15) is 0 Å². The van der Waals surface area contributed by atoms with Crippen molar-refractivity contribution in [2.24, 2.45) is 0 Å². The molecule has 1 nitrogen and oxygen atoms in total. The smallest absolute Gasteiger partial charge is 0.0376 e. The van der Waals surface area contributed by atoms with Crippen LogP contribution in [-0.4, -0.2) is 6.54 Å². The summed E-state index contributed by atoms with van der Waals surface area (Å²) in [7, 11) is 0.